The van der Waals surface area contributed by atoms with Crippen LogP contribution in [0.5, 0.6) is 11.5 Å². The topological polar surface area (TPSA) is 78.6 Å². The molecule has 0 aliphatic heterocycles. The van der Waals surface area contributed by atoms with Crippen molar-refractivity contribution in [3.8, 4) is 11.5 Å². The van der Waals surface area contributed by atoms with Crippen molar-refractivity contribution in [2.45, 2.75) is 32.7 Å². The second kappa shape index (κ2) is 8.24. The SMILES string of the molecule is CCC(N)Cc1ccc(OC)c(OCCS(=O)(=O)CC)c1. The molecule has 0 fully saturated rings. The molecule has 120 valence electrons. The number of benzene rings is 1. The summed E-state index contributed by atoms with van der Waals surface area (Å²) < 4.78 is 33.7. The van der Waals surface area contributed by atoms with Gasteiger partial charge in [0.2, 0.25) is 0 Å². The van der Waals surface area contributed by atoms with Crippen LogP contribution >= 0.6 is 0 Å². The third kappa shape index (κ3) is 5.93. The Labute approximate surface area is 127 Å². The van der Waals surface area contributed by atoms with E-state index in [0.29, 0.717) is 11.5 Å². The first-order valence-corrected chi connectivity index (χ1v) is 8.99. The Balaban J connectivity index is 2.76. The van der Waals surface area contributed by atoms with Crippen LogP contribution in [0.4, 0.5) is 0 Å². The third-order valence-corrected chi connectivity index (χ3v) is 5.01. The summed E-state index contributed by atoms with van der Waals surface area (Å²) in [4.78, 5) is 0. The number of methoxy groups -OCH3 is 1. The maximum Gasteiger partial charge on any atom is 0.161 e. The van der Waals surface area contributed by atoms with E-state index in [-0.39, 0.29) is 24.2 Å². The summed E-state index contributed by atoms with van der Waals surface area (Å²) >= 11 is 0. The predicted octanol–water partition coefficient (Wildman–Crippen LogP) is 1.79. The highest BCUT2D eigenvalue weighted by Gasteiger charge is 2.11. The second-order valence-corrected chi connectivity index (χ2v) is 7.42. The number of hydrogen-bond acceptors (Lipinski definition) is 5. The van der Waals surface area contributed by atoms with Crippen molar-refractivity contribution >= 4 is 9.84 Å². The lowest BCUT2D eigenvalue weighted by Gasteiger charge is -2.14. The molecule has 0 saturated heterocycles. The number of sulfone groups is 1. The maximum absolute atomic E-state index is 11.5. The lowest BCUT2D eigenvalue weighted by Crippen LogP contribution is -2.21. The number of hydrogen-bond donors (Lipinski definition) is 1. The smallest absolute Gasteiger partial charge is 0.161 e. The van der Waals surface area contributed by atoms with E-state index < -0.39 is 9.84 Å². The highest BCUT2D eigenvalue weighted by atomic mass is 32.2. The van der Waals surface area contributed by atoms with Gasteiger partial charge in [-0.3, -0.25) is 0 Å². The Morgan fingerprint density at radius 3 is 2.52 bits per heavy atom. The molecule has 0 amide bonds. The van der Waals surface area contributed by atoms with Crippen LogP contribution in [0.1, 0.15) is 25.8 Å². The van der Waals surface area contributed by atoms with Gasteiger partial charge in [0.15, 0.2) is 21.3 Å². The van der Waals surface area contributed by atoms with Crippen molar-refractivity contribution in [1.29, 1.82) is 0 Å². The molecule has 2 N–H and O–H groups in total. The fraction of sp³-hybridized carbons (Fsp3) is 0.600. The molecule has 0 saturated carbocycles. The van der Waals surface area contributed by atoms with Gasteiger partial charge in [-0.1, -0.05) is 19.9 Å². The maximum atomic E-state index is 11.5. The largest absolute Gasteiger partial charge is 0.493 e. The van der Waals surface area contributed by atoms with E-state index in [0.717, 1.165) is 18.4 Å². The van der Waals surface area contributed by atoms with E-state index in [1.54, 1.807) is 14.0 Å². The quantitative estimate of drug-likeness (QED) is 0.751. The van der Waals surface area contributed by atoms with Gasteiger partial charge in [0.1, 0.15) is 6.61 Å². The Morgan fingerprint density at radius 1 is 1.24 bits per heavy atom. The average molecular weight is 315 g/mol. The second-order valence-electron chi connectivity index (χ2n) is 4.94. The van der Waals surface area contributed by atoms with Crippen molar-refractivity contribution < 1.29 is 17.9 Å². The van der Waals surface area contributed by atoms with Crippen LogP contribution in [0, 0.1) is 0 Å². The van der Waals surface area contributed by atoms with Crippen LogP contribution in [0.25, 0.3) is 0 Å². The average Bonchev–Trinajstić information content (AvgIpc) is 2.47. The van der Waals surface area contributed by atoms with Crippen LogP contribution in [0.2, 0.25) is 0 Å². The summed E-state index contributed by atoms with van der Waals surface area (Å²) in [5, 5.41) is 0. The fourth-order valence-corrected chi connectivity index (χ4v) is 2.46. The zero-order valence-corrected chi connectivity index (χ0v) is 13.8. The molecule has 0 spiro atoms. The van der Waals surface area contributed by atoms with Gasteiger partial charge in [0, 0.05) is 11.8 Å². The first kappa shape index (κ1) is 17.8. The zero-order chi connectivity index (χ0) is 15.9. The molecule has 5 nitrogen and oxygen atoms in total. The molecule has 0 heterocycles. The van der Waals surface area contributed by atoms with E-state index in [2.05, 4.69) is 0 Å². The van der Waals surface area contributed by atoms with Crippen molar-refractivity contribution in [3.05, 3.63) is 23.8 Å². The molecule has 6 heteroatoms. The molecule has 1 rings (SSSR count). The van der Waals surface area contributed by atoms with E-state index in [4.69, 9.17) is 15.2 Å². The van der Waals surface area contributed by atoms with E-state index in [1.807, 2.05) is 25.1 Å². The van der Waals surface area contributed by atoms with Crippen molar-refractivity contribution in [1.82, 2.24) is 0 Å². The molecule has 0 aliphatic carbocycles. The predicted molar refractivity (Wildman–Crippen MR) is 84.8 cm³/mol. The van der Waals surface area contributed by atoms with Gasteiger partial charge in [-0.15, -0.1) is 0 Å². The first-order chi connectivity index (χ1) is 9.91. The zero-order valence-electron chi connectivity index (χ0n) is 13.0. The monoisotopic (exact) mass is 315 g/mol. The van der Waals surface area contributed by atoms with Crippen molar-refractivity contribution in [3.63, 3.8) is 0 Å². The molecule has 1 aromatic carbocycles. The Bertz CT molecular complexity index is 543. The molecule has 1 aromatic rings. The Kier molecular flexibility index (Phi) is 6.98. The van der Waals surface area contributed by atoms with Crippen molar-refractivity contribution in [2.75, 3.05) is 25.2 Å². The van der Waals surface area contributed by atoms with Crippen LogP contribution in [-0.4, -0.2) is 39.7 Å². The number of ether oxygens (including phenoxy) is 2. The van der Waals surface area contributed by atoms with Gasteiger partial charge in [0.25, 0.3) is 0 Å². The van der Waals surface area contributed by atoms with Crippen LogP contribution < -0.4 is 15.2 Å². The van der Waals surface area contributed by atoms with E-state index in [1.165, 1.54) is 0 Å². The van der Waals surface area contributed by atoms with Crippen LogP contribution in [0.15, 0.2) is 18.2 Å². The van der Waals surface area contributed by atoms with Gasteiger partial charge in [-0.25, -0.2) is 8.42 Å². The molecule has 1 unspecified atom stereocenters. The highest BCUT2D eigenvalue weighted by molar-refractivity contribution is 7.91. The molecule has 1 atom stereocenters. The molecule has 21 heavy (non-hydrogen) atoms. The Hall–Kier alpha value is -1.27. The minimum Gasteiger partial charge on any atom is -0.493 e. The molecular weight excluding hydrogens is 290 g/mol. The molecule has 0 bridgehead atoms. The normalized spacial score (nSPS) is 13.0. The van der Waals surface area contributed by atoms with E-state index >= 15 is 0 Å². The third-order valence-electron chi connectivity index (χ3n) is 3.34. The lowest BCUT2D eigenvalue weighted by molar-refractivity contribution is 0.311. The molecular formula is C15H25NO4S. The van der Waals surface area contributed by atoms with Gasteiger partial charge >= 0.3 is 0 Å². The van der Waals surface area contributed by atoms with Crippen molar-refractivity contribution in [2.24, 2.45) is 5.73 Å². The summed E-state index contributed by atoms with van der Waals surface area (Å²) in [6, 6.07) is 5.74. The lowest BCUT2D eigenvalue weighted by atomic mass is 10.0. The summed E-state index contributed by atoms with van der Waals surface area (Å²) in [6.07, 6.45) is 1.65. The Morgan fingerprint density at radius 2 is 1.95 bits per heavy atom. The molecule has 0 aromatic heterocycles. The standard InChI is InChI=1S/C15H25NO4S/c1-4-13(16)10-12-6-7-14(19-3)15(11-12)20-8-9-21(17,18)5-2/h6-7,11,13H,4-5,8-10,16H2,1-3H3. The number of rotatable bonds is 9. The molecule has 0 radical (unpaired) electrons. The van der Waals surface area contributed by atoms with Gasteiger partial charge in [0.05, 0.1) is 12.9 Å². The summed E-state index contributed by atoms with van der Waals surface area (Å²) in [7, 11) is -1.47. The van der Waals surface area contributed by atoms with E-state index in [9.17, 15) is 8.42 Å². The van der Waals surface area contributed by atoms with Gasteiger partial charge < -0.3 is 15.2 Å². The molecule has 0 aliphatic rings. The van der Waals surface area contributed by atoms with Gasteiger partial charge in [-0.05, 0) is 30.5 Å². The van der Waals surface area contributed by atoms with Crippen LogP contribution in [-0.2, 0) is 16.3 Å². The highest BCUT2D eigenvalue weighted by Crippen LogP contribution is 2.28. The van der Waals surface area contributed by atoms with Crippen LogP contribution in [0.3, 0.4) is 0 Å². The summed E-state index contributed by atoms with van der Waals surface area (Å²) in [6.45, 7) is 3.79. The summed E-state index contributed by atoms with van der Waals surface area (Å²) in [5.41, 5.74) is 7.00. The first-order valence-electron chi connectivity index (χ1n) is 7.17. The van der Waals surface area contributed by atoms with Gasteiger partial charge in [-0.2, -0.15) is 0 Å². The fourth-order valence-electron chi connectivity index (χ4n) is 1.83. The summed E-state index contributed by atoms with van der Waals surface area (Å²) in [5.74, 6) is 1.28. The number of nitrogens with two attached hydrogens (primary N) is 1. The minimum absolute atomic E-state index is 0.00531. The minimum atomic E-state index is -3.03.